The first-order valence-corrected chi connectivity index (χ1v) is 11.0. The fourth-order valence-electron chi connectivity index (χ4n) is 3.08. The van der Waals surface area contributed by atoms with Gasteiger partial charge in [0.15, 0.2) is 15.5 Å². The predicted octanol–water partition coefficient (Wildman–Crippen LogP) is 3.42. The van der Waals surface area contributed by atoms with Crippen molar-refractivity contribution in [2.24, 2.45) is 7.05 Å². The van der Waals surface area contributed by atoms with E-state index in [0.717, 1.165) is 33.7 Å². The zero-order valence-electron chi connectivity index (χ0n) is 17.2. The molecule has 0 aliphatic heterocycles. The Morgan fingerprint density at radius 3 is 2.29 bits per heavy atom. The first kappa shape index (κ1) is 23.6. The SMILES string of the molecule is CCS(=O)(=O)c1cc(-c2cc(C(F)(F)F)nn2C)cnc1-c1ccn2nc(C(F)(F)F)nc2n1. The van der Waals surface area contributed by atoms with E-state index in [9.17, 15) is 34.8 Å². The molecule has 0 aliphatic rings. The highest BCUT2D eigenvalue weighted by Gasteiger charge is 2.37. The number of hydrogen-bond donors (Lipinski definition) is 0. The third-order valence-electron chi connectivity index (χ3n) is 4.74. The molecular formula is C18H13F6N7O2S. The largest absolute Gasteiger partial charge is 0.453 e. The quantitative estimate of drug-likeness (QED) is 0.391. The molecule has 0 saturated heterocycles. The maximum Gasteiger partial charge on any atom is 0.453 e. The van der Waals surface area contributed by atoms with Crippen LogP contribution in [0.5, 0.6) is 0 Å². The minimum Gasteiger partial charge on any atom is -0.267 e. The lowest BCUT2D eigenvalue weighted by Crippen LogP contribution is -2.08. The molecule has 9 nitrogen and oxygen atoms in total. The summed E-state index contributed by atoms with van der Waals surface area (Å²) in [4.78, 5) is 11.0. The van der Waals surface area contributed by atoms with Crippen LogP contribution in [-0.2, 0) is 29.2 Å². The van der Waals surface area contributed by atoms with Crippen LogP contribution in [0.3, 0.4) is 0 Å². The molecular weight excluding hydrogens is 492 g/mol. The van der Waals surface area contributed by atoms with E-state index >= 15 is 0 Å². The predicted molar refractivity (Wildman–Crippen MR) is 104 cm³/mol. The van der Waals surface area contributed by atoms with Gasteiger partial charge in [0.1, 0.15) is 5.69 Å². The molecule has 0 N–H and O–H groups in total. The van der Waals surface area contributed by atoms with Crippen molar-refractivity contribution in [1.82, 2.24) is 34.3 Å². The van der Waals surface area contributed by atoms with Gasteiger partial charge in [0.2, 0.25) is 0 Å². The van der Waals surface area contributed by atoms with Crippen molar-refractivity contribution in [2.75, 3.05) is 5.75 Å². The van der Waals surface area contributed by atoms with Crippen LogP contribution in [-0.4, -0.2) is 48.5 Å². The van der Waals surface area contributed by atoms with Crippen molar-refractivity contribution in [3.63, 3.8) is 0 Å². The Kier molecular flexibility index (Phi) is 5.38. The van der Waals surface area contributed by atoms with Crippen molar-refractivity contribution in [3.05, 3.63) is 42.1 Å². The Hall–Kier alpha value is -3.56. The summed E-state index contributed by atoms with van der Waals surface area (Å²) in [5, 5.41) is 6.67. The lowest BCUT2D eigenvalue weighted by Gasteiger charge is -2.11. The van der Waals surface area contributed by atoms with Gasteiger partial charge >= 0.3 is 12.4 Å². The van der Waals surface area contributed by atoms with Gasteiger partial charge < -0.3 is 0 Å². The smallest absolute Gasteiger partial charge is 0.267 e. The molecule has 0 saturated carbocycles. The summed E-state index contributed by atoms with van der Waals surface area (Å²) >= 11 is 0. The molecule has 0 radical (unpaired) electrons. The van der Waals surface area contributed by atoms with Gasteiger partial charge in [0, 0.05) is 25.0 Å². The first-order valence-electron chi connectivity index (χ1n) is 9.36. The number of alkyl halides is 6. The van der Waals surface area contributed by atoms with Crippen LogP contribution in [0.1, 0.15) is 18.4 Å². The molecule has 0 amide bonds. The van der Waals surface area contributed by atoms with Gasteiger partial charge in [-0.25, -0.2) is 17.9 Å². The number of aromatic nitrogens is 7. The molecule has 0 atom stereocenters. The summed E-state index contributed by atoms with van der Waals surface area (Å²) < 4.78 is 105. The van der Waals surface area contributed by atoms with Gasteiger partial charge in [-0.3, -0.25) is 9.67 Å². The highest BCUT2D eigenvalue weighted by atomic mass is 32.2. The van der Waals surface area contributed by atoms with Gasteiger partial charge in [-0.2, -0.15) is 36.4 Å². The number of aryl methyl sites for hydroxylation is 1. The summed E-state index contributed by atoms with van der Waals surface area (Å²) in [6.45, 7) is 1.35. The van der Waals surface area contributed by atoms with Crippen molar-refractivity contribution >= 4 is 15.6 Å². The number of halogens is 6. The monoisotopic (exact) mass is 505 g/mol. The molecule has 4 rings (SSSR count). The fraction of sp³-hybridized carbons (Fsp3) is 0.278. The highest BCUT2D eigenvalue weighted by molar-refractivity contribution is 7.91. The third-order valence-corrected chi connectivity index (χ3v) is 6.48. The van der Waals surface area contributed by atoms with Crippen molar-refractivity contribution in [1.29, 1.82) is 0 Å². The molecule has 4 aromatic heterocycles. The van der Waals surface area contributed by atoms with Gasteiger partial charge in [-0.1, -0.05) is 6.92 Å². The molecule has 180 valence electrons. The molecule has 34 heavy (non-hydrogen) atoms. The zero-order valence-corrected chi connectivity index (χ0v) is 18.0. The van der Waals surface area contributed by atoms with Crippen molar-refractivity contribution in [2.45, 2.75) is 24.2 Å². The Labute approximate surface area is 187 Å². The Morgan fingerprint density at radius 2 is 1.71 bits per heavy atom. The van der Waals surface area contributed by atoms with Crippen LogP contribution in [0.2, 0.25) is 0 Å². The molecule has 0 spiro atoms. The average molecular weight is 505 g/mol. The highest BCUT2D eigenvalue weighted by Crippen LogP contribution is 2.34. The number of sulfone groups is 1. The zero-order chi connectivity index (χ0) is 25.1. The van der Waals surface area contributed by atoms with E-state index in [0.29, 0.717) is 0 Å². The molecule has 0 unspecified atom stereocenters. The van der Waals surface area contributed by atoms with Crippen LogP contribution in [0.15, 0.2) is 35.5 Å². The van der Waals surface area contributed by atoms with Gasteiger partial charge in [0.05, 0.1) is 22.0 Å². The third kappa shape index (κ3) is 4.20. The molecule has 0 fully saturated rings. The molecule has 4 heterocycles. The van der Waals surface area contributed by atoms with Crippen LogP contribution < -0.4 is 0 Å². The summed E-state index contributed by atoms with van der Waals surface area (Å²) in [5.41, 5.74) is -1.51. The maximum absolute atomic E-state index is 13.0. The summed E-state index contributed by atoms with van der Waals surface area (Å²) in [6.07, 6.45) is -7.30. The lowest BCUT2D eigenvalue weighted by molar-refractivity contribution is -0.144. The number of hydrogen-bond acceptors (Lipinski definition) is 7. The average Bonchev–Trinajstić information content (AvgIpc) is 3.36. The maximum atomic E-state index is 13.0. The Morgan fingerprint density at radius 1 is 1.00 bits per heavy atom. The van der Waals surface area contributed by atoms with E-state index < -0.39 is 39.5 Å². The number of rotatable bonds is 4. The second-order valence-electron chi connectivity index (χ2n) is 7.00. The number of nitrogens with zero attached hydrogens (tertiary/aromatic N) is 7. The topological polar surface area (TPSA) is 108 Å². The van der Waals surface area contributed by atoms with E-state index in [-0.39, 0.29) is 33.3 Å². The van der Waals surface area contributed by atoms with Crippen LogP contribution in [0.4, 0.5) is 26.3 Å². The summed E-state index contributed by atoms with van der Waals surface area (Å²) in [6, 6.07) is 3.07. The molecule has 16 heteroatoms. The molecule has 0 aliphatic carbocycles. The van der Waals surface area contributed by atoms with E-state index in [1.807, 2.05) is 0 Å². The van der Waals surface area contributed by atoms with E-state index in [4.69, 9.17) is 0 Å². The van der Waals surface area contributed by atoms with Gasteiger partial charge in [-0.05, 0) is 18.2 Å². The van der Waals surface area contributed by atoms with Crippen LogP contribution in [0, 0.1) is 0 Å². The van der Waals surface area contributed by atoms with E-state index in [1.165, 1.54) is 20.0 Å². The van der Waals surface area contributed by atoms with Crippen LogP contribution >= 0.6 is 0 Å². The minimum absolute atomic E-state index is 0.0317. The molecule has 0 bridgehead atoms. The lowest BCUT2D eigenvalue weighted by atomic mass is 10.1. The van der Waals surface area contributed by atoms with Crippen molar-refractivity contribution in [3.8, 4) is 22.6 Å². The summed E-state index contributed by atoms with van der Waals surface area (Å²) in [7, 11) is -2.74. The number of fused-ring (bicyclic) bond motifs is 1. The standard InChI is InChI=1S/C18H13F6N7O2S/c1-3-34(32,33)12-6-9(11-7-13(17(19,20)21)28-30(11)2)8-25-14(12)10-4-5-31-16(26-10)27-15(29-31)18(22,23)24/h4-8H,3H2,1-2H3. The Bertz CT molecular complexity index is 1510. The normalized spacial score (nSPS) is 13.1. The van der Waals surface area contributed by atoms with Crippen LogP contribution in [0.25, 0.3) is 28.4 Å². The second kappa shape index (κ2) is 7.75. The van der Waals surface area contributed by atoms with E-state index in [1.54, 1.807) is 0 Å². The molecule has 0 aromatic carbocycles. The minimum atomic E-state index is -4.82. The van der Waals surface area contributed by atoms with E-state index in [2.05, 4.69) is 25.1 Å². The Balaban J connectivity index is 1.88. The molecule has 4 aromatic rings. The van der Waals surface area contributed by atoms with Gasteiger partial charge in [-0.15, -0.1) is 5.10 Å². The van der Waals surface area contributed by atoms with Gasteiger partial charge in [0.25, 0.3) is 11.6 Å². The fourth-order valence-corrected chi connectivity index (χ4v) is 4.14. The summed E-state index contributed by atoms with van der Waals surface area (Å²) in [5.74, 6) is -2.26. The number of pyridine rings is 1. The second-order valence-corrected chi connectivity index (χ2v) is 9.25. The van der Waals surface area contributed by atoms with Crippen molar-refractivity contribution < 1.29 is 34.8 Å². The first-order chi connectivity index (χ1) is 15.7.